The highest BCUT2D eigenvalue weighted by Crippen LogP contribution is 2.21. The molecule has 3 amide bonds. The summed E-state index contributed by atoms with van der Waals surface area (Å²) >= 11 is 0. The fourth-order valence-electron chi connectivity index (χ4n) is 3.83. The summed E-state index contributed by atoms with van der Waals surface area (Å²) < 4.78 is 11.0. The van der Waals surface area contributed by atoms with Crippen molar-refractivity contribution in [3.8, 4) is 5.75 Å². The highest BCUT2D eigenvalue weighted by Gasteiger charge is 2.29. The van der Waals surface area contributed by atoms with Gasteiger partial charge in [-0.2, -0.15) is 0 Å². The smallest absolute Gasteiger partial charge is 0.407 e. The molecule has 2 aromatic rings. The van der Waals surface area contributed by atoms with Crippen LogP contribution in [0.5, 0.6) is 5.75 Å². The van der Waals surface area contributed by atoms with Gasteiger partial charge < -0.3 is 25.0 Å². The maximum Gasteiger partial charge on any atom is 0.407 e. The third-order valence-corrected chi connectivity index (χ3v) is 5.50. The predicted molar refractivity (Wildman–Crippen MR) is 133 cm³/mol. The molecule has 0 saturated carbocycles. The number of hydrogen-bond donors (Lipinski definition) is 2. The summed E-state index contributed by atoms with van der Waals surface area (Å²) in [5.41, 5.74) is 1.02. The number of hydrogen-bond acceptors (Lipinski definition) is 5. The zero-order chi connectivity index (χ0) is 25.3. The van der Waals surface area contributed by atoms with Gasteiger partial charge in [0.15, 0.2) is 0 Å². The molecule has 35 heavy (non-hydrogen) atoms. The van der Waals surface area contributed by atoms with Gasteiger partial charge in [-0.25, -0.2) is 4.79 Å². The lowest BCUT2D eigenvalue weighted by atomic mass is 9.96. The Hall–Kier alpha value is -3.55. The number of carbonyl (C=O) groups is 3. The average Bonchev–Trinajstić information content (AvgIpc) is 2.84. The molecule has 1 aliphatic heterocycles. The van der Waals surface area contributed by atoms with Gasteiger partial charge in [0.05, 0.1) is 5.92 Å². The highest BCUT2D eigenvalue weighted by molar-refractivity contribution is 5.95. The van der Waals surface area contributed by atoms with Crippen molar-refractivity contribution in [3.63, 3.8) is 0 Å². The first kappa shape index (κ1) is 26.1. The van der Waals surface area contributed by atoms with Gasteiger partial charge in [-0.05, 0) is 57.4 Å². The van der Waals surface area contributed by atoms with E-state index in [2.05, 4.69) is 10.6 Å². The summed E-state index contributed by atoms with van der Waals surface area (Å²) in [5, 5.41) is 5.46. The first-order chi connectivity index (χ1) is 16.7. The van der Waals surface area contributed by atoms with Crippen molar-refractivity contribution in [3.05, 3.63) is 65.7 Å². The number of likely N-dealkylation sites (tertiary alicyclic amines) is 1. The molecule has 1 fully saturated rings. The maximum absolute atomic E-state index is 13.1. The number of nitrogens with zero attached hydrogens (tertiary/aromatic N) is 1. The Morgan fingerprint density at radius 3 is 2.49 bits per heavy atom. The number of carbonyl (C=O) groups excluding carboxylic acids is 3. The topological polar surface area (TPSA) is 97.0 Å². The van der Waals surface area contributed by atoms with Crippen LogP contribution in [-0.2, 0) is 16.1 Å². The molecule has 8 heteroatoms. The first-order valence-corrected chi connectivity index (χ1v) is 12.0. The summed E-state index contributed by atoms with van der Waals surface area (Å²) in [6.07, 6.45) is 0.954. The summed E-state index contributed by atoms with van der Waals surface area (Å²) in [5.74, 6) is 0.114. The van der Waals surface area contributed by atoms with Gasteiger partial charge in [0.25, 0.3) is 5.91 Å². The predicted octanol–water partition coefficient (Wildman–Crippen LogP) is 3.76. The van der Waals surface area contributed by atoms with Crippen LogP contribution < -0.4 is 15.4 Å². The summed E-state index contributed by atoms with van der Waals surface area (Å²) in [4.78, 5) is 39.2. The average molecular weight is 482 g/mol. The molecule has 1 aliphatic rings. The Morgan fingerprint density at radius 2 is 1.74 bits per heavy atom. The van der Waals surface area contributed by atoms with Crippen LogP contribution in [0.1, 0.15) is 49.5 Å². The molecule has 188 valence electrons. The largest absolute Gasteiger partial charge is 0.489 e. The molecular weight excluding hydrogens is 446 g/mol. The Kier molecular flexibility index (Phi) is 9.11. The summed E-state index contributed by atoms with van der Waals surface area (Å²) in [6, 6.07) is 17.0. The highest BCUT2D eigenvalue weighted by atomic mass is 16.6. The van der Waals surface area contributed by atoms with Crippen LogP contribution in [0.15, 0.2) is 54.6 Å². The molecule has 0 aliphatic carbocycles. The summed E-state index contributed by atoms with van der Waals surface area (Å²) in [6.45, 7) is 7.33. The van der Waals surface area contributed by atoms with Crippen molar-refractivity contribution in [2.75, 3.05) is 26.2 Å². The van der Waals surface area contributed by atoms with Crippen LogP contribution in [0.25, 0.3) is 0 Å². The number of nitrogens with one attached hydrogen (secondary N) is 2. The first-order valence-electron chi connectivity index (χ1n) is 12.0. The molecule has 0 radical (unpaired) electrons. The fraction of sp³-hybridized carbons (Fsp3) is 0.444. The minimum Gasteiger partial charge on any atom is -0.489 e. The van der Waals surface area contributed by atoms with Gasteiger partial charge in [0.1, 0.15) is 18.0 Å². The van der Waals surface area contributed by atoms with Crippen molar-refractivity contribution in [1.82, 2.24) is 15.5 Å². The second-order valence-corrected chi connectivity index (χ2v) is 9.61. The minimum absolute atomic E-state index is 0.112. The van der Waals surface area contributed by atoms with Crippen LogP contribution in [0.3, 0.4) is 0 Å². The van der Waals surface area contributed by atoms with E-state index < -0.39 is 11.7 Å². The minimum atomic E-state index is -0.570. The Bertz CT molecular complexity index is 1000. The lowest BCUT2D eigenvalue weighted by Crippen LogP contribution is -2.46. The number of rotatable bonds is 8. The monoisotopic (exact) mass is 481 g/mol. The quantitative estimate of drug-likeness (QED) is 0.560. The second kappa shape index (κ2) is 12.2. The molecule has 1 saturated heterocycles. The Labute approximate surface area is 207 Å². The maximum atomic E-state index is 13.1. The van der Waals surface area contributed by atoms with Crippen LogP contribution in [0.2, 0.25) is 0 Å². The summed E-state index contributed by atoms with van der Waals surface area (Å²) in [7, 11) is 0. The number of amides is 3. The molecule has 3 rings (SSSR count). The van der Waals surface area contributed by atoms with Gasteiger partial charge in [-0.3, -0.25) is 9.59 Å². The lowest BCUT2D eigenvalue weighted by Gasteiger charge is -2.32. The number of benzene rings is 2. The van der Waals surface area contributed by atoms with Crippen LogP contribution in [0, 0.1) is 5.92 Å². The van der Waals surface area contributed by atoms with E-state index in [1.54, 1.807) is 43.9 Å². The molecule has 1 unspecified atom stereocenters. The van der Waals surface area contributed by atoms with Crippen molar-refractivity contribution < 1.29 is 23.9 Å². The Balaban J connectivity index is 1.47. The molecule has 0 aromatic heterocycles. The number of alkyl carbamates (subject to hydrolysis) is 1. The number of piperidine rings is 1. The van der Waals surface area contributed by atoms with E-state index in [-0.39, 0.29) is 24.3 Å². The molecular formula is C27H35N3O5. The second-order valence-electron chi connectivity index (χ2n) is 9.61. The standard InChI is InChI=1S/C27H35N3O5/c1-27(2,3)35-26(33)29-15-14-28-24(31)22-12-8-16-30(18-22)25(32)21-11-7-13-23(17-21)34-19-20-9-5-4-6-10-20/h4-7,9-11,13,17,22H,8,12,14-16,18-19H2,1-3H3,(H,28,31)(H,29,33). The molecule has 1 heterocycles. The van der Waals surface area contributed by atoms with E-state index in [0.717, 1.165) is 18.4 Å². The normalized spacial score (nSPS) is 15.7. The van der Waals surface area contributed by atoms with Crippen LogP contribution in [-0.4, -0.2) is 54.6 Å². The van der Waals surface area contributed by atoms with E-state index >= 15 is 0 Å². The van der Waals surface area contributed by atoms with Gasteiger partial charge in [-0.1, -0.05) is 36.4 Å². The van der Waals surface area contributed by atoms with E-state index in [1.807, 2.05) is 36.4 Å². The molecule has 2 N–H and O–H groups in total. The van der Waals surface area contributed by atoms with Gasteiger partial charge in [-0.15, -0.1) is 0 Å². The van der Waals surface area contributed by atoms with E-state index in [1.165, 1.54) is 0 Å². The lowest BCUT2D eigenvalue weighted by molar-refractivity contribution is -0.126. The zero-order valence-corrected chi connectivity index (χ0v) is 20.7. The fourth-order valence-corrected chi connectivity index (χ4v) is 3.83. The third-order valence-electron chi connectivity index (χ3n) is 5.50. The molecule has 8 nitrogen and oxygen atoms in total. The van der Waals surface area contributed by atoms with Gasteiger partial charge >= 0.3 is 6.09 Å². The van der Waals surface area contributed by atoms with Gasteiger partial charge in [0.2, 0.25) is 5.91 Å². The van der Waals surface area contributed by atoms with Crippen molar-refractivity contribution in [2.24, 2.45) is 5.92 Å². The van der Waals surface area contributed by atoms with Crippen LogP contribution in [0.4, 0.5) is 4.79 Å². The molecule has 2 aromatic carbocycles. The molecule has 0 spiro atoms. The van der Waals surface area contributed by atoms with E-state index in [9.17, 15) is 14.4 Å². The van der Waals surface area contributed by atoms with E-state index in [4.69, 9.17) is 9.47 Å². The molecule has 1 atom stereocenters. The van der Waals surface area contributed by atoms with E-state index in [0.29, 0.717) is 37.6 Å². The Morgan fingerprint density at radius 1 is 1.00 bits per heavy atom. The molecule has 0 bridgehead atoms. The zero-order valence-electron chi connectivity index (χ0n) is 20.7. The third kappa shape index (κ3) is 8.63. The van der Waals surface area contributed by atoms with Crippen LogP contribution >= 0.6 is 0 Å². The van der Waals surface area contributed by atoms with Crippen molar-refractivity contribution in [1.29, 1.82) is 0 Å². The van der Waals surface area contributed by atoms with Crippen molar-refractivity contribution >= 4 is 17.9 Å². The SMILES string of the molecule is CC(C)(C)OC(=O)NCCNC(=O)C1CCCN(C(=O)c2cccc(OCc3ccccc3)c2)C1. The van der Waals surface area contributed by atoms with Gasteiger partial charge in [0, 0.05) is 31.7 Å². The number of ether oxygens (including phenoxy) is 2. The van der Waals surface area contributed by atoms with Crippen molar-refractivity contribution in [2.45, 2.75) is 45.8 Å².